The summed E-state index contributed by atoms with van der Waals surface area (Å²) in [6, 6.07) is 3.74. The van der Waals surface area contributed by atoms with Crippen LogP contribution in [0.3, 0.4) is 0 Å². The molecule has 6 nitrogen and oxygen atoms in total. The lowest BCUT2D eigenvalue weighted by molar-refractivity contribution is 0.0938. The lowest BCUT2D eigenvalue weighted by Gasteiger charge is -2.20. The number of hydrogen-bond donors (Lipinski definition) is 3. The quantitative estimate of drug-likeness (QED) is 0.574. The summed E-state index contributed by atoms with van der Waals surface area (Å²) in [5.74, 6) is 5.90. The highest BCUT2D eigenvalue weighted by atomic mass is 16.1. The Morgan fingerprint density at radius 3 is 2.67 bits per heavy atom. The largest absolute Gasteiger partial charge is 0.348 e. The fourth-order valence-corrected chi connectivity index (χ4v) is 2.44. The molecule has 0 spiro atoms. The van der Waals surface area contributed by atoms with Gasteiger partial charge in [-0.05, 0) is 32.1 Å². The zero-order valence-corrected chi connectivity index (χ0v) is 13.2. The number of rotatable bonds is 3. The monoisotopic (exact) mass is 291 g/mol. The number of nitrogens with one attached hydrogen (secondary N) is 2. The molecule has 0 radical (unpaired) electrons. The van der Waals surface area contributed by atoms with Gasteiger partial charge in [-0.2, -0.15) is 0 Å². The normalized spacial score (nSPS) is 19.6. The van der Waals surface area contributed by atoms with Gasteiger partial charge >= 0.3 is 0 Å². The number of likely N-dealkylation sites (tertiary alicyclic amines) is 1. The van der Waals surface area contributed by atoms with Gasteiger partial charge < -0.3 is 15.6 Å². The number of likely N-dealkylation sites (N-methyl/N-ethyl adjacent to an activating group) is 1. The Balaban J connectivity index is 2.20. The van der Waals surface area contributed by atoms with Gasteiger partial charge in [-0.3, -0.25) is 4.79 Å². The van der Waals surface area contributed by atoms with E-state index in [1.54, 1.807) is 6.07 Å². The molecule has 4 N–H and O–H groups in total. The molecule has 1 aromatic heterocycles. The first-order valence-corrected chi connectivity index (χ1v) is 7.28. The minimum atomic E-state index is -0.143. The van der Waals surface area contributed by atoms with Crippen molar-refractivity contribution in [1.29, 1.82) is 0 Å². The van der Waals surface area contributed by atoms with E-state index in [1.807, 2.05) is 6.07 Å². The maximum atomic E-state index is 12.4. The first-order valence-electron chi connectivity index (χ1n) is 7.28. The molecule has 6 heteroatoms. The summed E-state index contributed by atoms with van der Waals surface area (Å²) < 4.78 is 0. The molecule has 1 aliphatic heterocycles. The highest BCUT2D eigenvalue weighted by Crippen LogP contribution is 2.23. The Kier molecular flexibility index (Phi) is 4.49. The number of amides is 1. The third-order valence-electron chi connectivity index (χ3n) is 3.73. The zero-order valence-electron chi connectivity index (χ0n) is 13.2. The van der Waals surface area contributed by atoms with Gasteiger partial charge in [0.25, 0.3) is 5.91 Å². The number of hydrazine groups is 1. The SMILES string of the molecule is CN1CCC(NC(=O)c2cc(NN)nc(C(C)(C)C)c2)C1. The lowest BCUT2D eigenvalue weighted by Crippen LogP contribution is -2.36. The van der Waals surface area contributed by atoms with Crippen LogP contribution in [0.5, 0.6) is 0 Å². The Morgan fingerprint density at radius 2 is 2.14 bits per heavy atom. The van der Waals surface area contributed by atoms with E-state index in [2.05, 4.69) is 48.4 Å². The molecule has 2 heterocycles. The van der Waals surface area contributed by atoms with Gasteiger partial charge in [-0.1, -0.05) is 20.8 Å². The van der Waals surface area contributed by atoms with Crippen molar-refractivity contribution >= 4 is 11.7 Å². The number of nitrogens with zero attached hydrogens (tertiary/aromatic N) is 2. The molecule has 1 aromatic rings. The van der Waals surface area contributed by atoms with Crippen LogP contribution < -0.4 is 16.6 Å². The van der Waals surface area contributed by atoms with E-state index in [0.717, 1.165) is 25.2 Å². The van der Waals surface area contributed by atoms with Gasteiger partial charge in [-0.15, -0.1) is 0 Å². The van der Waals surface area contributed by atoms with E-state index in [-0.39, 0.29) is 17.4 Å². The zero-order chi connectivity index (χ0) is 15.6. The molecule has 0 saturated carbocycles. The van der Waals surface area contributed by atoms with E-state index in [9.17, 15) is 4.79 Å². The summed E-state index contributed by atoms with van der Waals surface area (Å²) in [7, 11) is 2.06. The van der Waals surface area contributed by atoms with Crippen molar-refractivity contribution in [3.8, 4) is 0 Å². The second kappa shape index (κ2) is 5.99. The molecular formula is C15H25N5O. The summed E-state index contributed by atoms with van der Waals surface area (Å²) in [4.78, 5) is 19.1. The van der Waals surface area contributed by atoms with Crippen molar-refractivity contribution in [2.75, 3.05) is 25.6 Å². The fraction of sp³-hybridized carbons (Fsp3) is 0.600. The van der Waals surface area contributed by atoms with E-state index in [0.29, 0.717) is 11.4 Å². The number of aromatic nitrogens is 1. The minimum absolute atomic E-state index is 0.0697. The van der Waals surface area contributed by atoms with Crippen LogP contribution in [-0.4, -0.2) is 42.0 Å². The third-order valence-corrected chi connectivity index (χ3v) is 3.73. The van der Waals surface area contributed by atoms with Crippen LogP contribution in [0.2, 0.25) is 0 Å². The smallest absolute Gasteiger partial charge is 0.251 e. The summed E-state index contributed by atoms with van der Waals surface area (Å²) in [6.07, 6.45) is 0.988. The van der Waals surface area contributed by atoms with Crippen molar-refractivity contribution in [2.45, 2.75) is 38.6 Å². The van der Waals surface area contributed by atoms with Crippen LogP contribution in [0.25, 0.3) is 0 Å². The molecule has 1 fully saturated rings. The number of nitrogens with two attached hydrogens (primary N) is 1. The van der Waals surface area contributed by atoms with Crippen molar-refractivity contribution in [3.63, 3.8) is 0 Å². The van der Waals surface area contributed by atoms with Crippen molar-refractivity contribution in [2.24, 2.45) is 5.84 Å². The molecular weight excluding hydrogens is 266 g/mol. The van der Waals surface area contributed by atoms with Crippen LogP contribution in [-0.2, 0) is 5.41 Å². The fourth-order valence-electron chi connectivity index (χ4n) is 2.44. The number of anilines is 1. The van der Waals surface area contributed by atoms with E-state index in [4.69, 9.17) is 5.84 Å². The van der Waals surface area contributed by atoms with Crippen LogP contribution in [0.15, 0.2) is 12.1 Å². The number of nitrogen functional groups attached to an aromatic ring is 1. The number of carbonyl (C=O) groups excluding carboxylic acids is 1. The standard InChI is InChI=1S/C15H25N5O/c1-15(2,3)12-7-10(8-13(18-12)19-16)14(21)17-11-5-6-20(4)9-11/h7-8,11H,5-6,9,16H2,1-4H3,(H,17,21)(H,18,19). The summed E-state index contributed by atoms with van der Waals surface area (Å²) >= 11 is 0. The Hall–Kier alpha value is -1.66. The number of carbonyl (C=O) groups is 1. The Bertz CT molecular complexity index is 523. The first-order chi connectivity index (χ1) is 9.79. The van der Waals surface area contributed by atoms with Gasteiger partial charge in [0.1, 0.15) is 5.82 Å². The maximum Gasteiger partial charge on any atom is 0.251 e. The van der Waals surface area contributed by atoms with Crippen molar-refractivity contribution in [1.82, 2.24) is 15.2 Å². The highest BCUT2D eigenvalue weighted by Gasteiger charge is 2.23. The van der Waals surface area contributed by atoms with E-state index >= 15 is 0 Å². The average Bonchev–Trinajstić information content (AvgIpc) is 2.82. The molecule has 21 heavy (non-hydrogen) atoms. The molecule has 0 aromatic carbocycles. The summed E-state index contributed by atoms with van der Waals surface area (Å²) in [5.41, 5.74) is 3.83. The average molecular weight is 291 g/mol. The van der Waals surface area contributed by atoms with Gasteiger partial charge in [0.05, 0.1) is 0 Å². The maximum absolute atomic E-state index is 12.4. The van der Waals surface area contributed by atoms with Gasteiger partial charge in [0.2, 0.25) is 0 Å². The summed E-state index contributed by atoms with van der Waals surface area (Å²) in [5, 5.41) is 3.08. The van der Waals surface area contributed by atoms with Crippen molar-refractivity contribution in [3.05, 3.63) is 23.4 Å². The van der Waals surface area contributed by atoms with E-state index in [1.165, 1.54) is 0 Å². The van der Waals surface area contributed by atoms with Gasteiger partial charge in [0, 0.05) is 29.3 Å². The number of pyridine rings is 1. The predicted molar refractivity (Wildman–Crippen MR) is 84.1 cm³/mol. The Morgan fingerprint density at radius 1 is 1.43 bits per heavy atom. The van der Waals surface area contributed by atoms with E-state index < -0.39 is 0 Å². The summed E-state index contributed by atoms with van der Waals surface area (Å²) in [6.45, 7) is 8.09. The van der Waals surface area contributed by atoms with Crippen LogP contribution in [0.1, 0.15) is 43.2 Å². The van der Waals surface area contributed by atoms with Crippen LogP contribution in [0, 0.1) is 0 Å². The second-order valence-corrected chi connectivity index (χ2v) is 6.74. The van der Waals surface area contributed by atoms with Gasteiger partial charge in [0.15, 0.2) is 0 Å². The minimum Gasteiger partial charge on any atom is -0.348 e. The molecule has 2 rings (SSSR count). The molecule has 1 unspecified atom stereocenters. The lowest BCUT2D eigenvalue weighted by atomic mass is 9.90. The highest BCUT2D eigenvalue weighted by molar-refractivity contribution is 5.95. The Labute approximate surface area is 126 Å². The van der Waals surface area contributed by atoms with Crippen molar-refractivity contribution < 1.29 is 4.79 Å². The molecule has 0 aliphatic carbocycles. The molecule has 1 aliphatic rings. The molecule has 1 saturated heterocycles. The topological polar surface area (TPSA) is 83.3 Å². The third kappa shape index (κ3) is 3.92. The number of hydrogen-bond acceptors (Lipinski definition) is 5. The molecule has 1 amide bonds. The molecule has 1 atom stereocenters. The first kappa shape index (κ1) is 15.7. The second-order valence-electron chi connectivity index (χ2n) is 6.74. The molecule has 116 valence electrons. The van der Waals surface area contributed by atoms with Crippen LogP contribution >= 0.6 is 0 Å². The van der Waals surface area contributed by atoms with Crippen LogP contribution in [0.4, 0.5) is 5.82 Å². The molecule has 0 bridgehead atoms. The van der Waals surface area contributed by atoms with Gasteiger partial charge in [-0.25, -0.2) is 10.8 Å². The predicted octanol–water partition coefficient (Wildman–Crippen LogP) is 1.10.